The zero-order chi connectivity index (χ0) is 15.1. The Morgan fingerprint density at radius 1 is 1.29 bits per heavy atom. The second kappa shape index (κ2) is 5.20. The highest BCUT2D eigenvalue weighted by Crippen LogP contribution is 2.40. The van der Waals surface area contributed by atoms with Crippen LogP contribution in [-0.2, 0) is 4.79 Å². The van der Waals surface area contributed by atoms with Gasteiger partial charge < -0.3 is 14.4 Å². The molecule has 1 aromatic rings. The number of fused-ring (bicyclic) bond motifs is 1. The predicted octanol–water partition coefficient (Wildman–Crippen LogP) is 2.75. The van der Waals surface area contributed by atoms with Crippen LogP contribution in [0.1, 0.15) is 54.0 Å². The molecule has 1 saturated carbocycles. The minimum absolute atomic E-state index is 0.0529. The Balaban J connectivity index is 1.94. The van der Waals surface area contributed by atoms with E-state index in [1.807, 2.05) is 13.0 Å². The Hall–Kier alpha value is -1.78. The zero-order valence-electron chi connectivity index (χ0n) is 12.5. The molecule has 2 fully saturated rings. The fourth-order valence-electron chi connectivity index (χ4n) is 3.94. The summed E-state index contributed by atoms with van der Waals surface area (Å²) in [7, 11) is 0. The van der Waals surface area contributed by atoms with E-state index in [4.69, 9.17) is 4.42 Å². The van der Waals surface area contributed by atoms with Gasteiger partial charge in [-0.05, 0) is 45.1 Å². The second-order valence-electron chi connectivity index (χ2n) is 6.28. The third kappa shape index (κ3) is 2.34. The van der Waals surface area contributed by atoms with Crippen LogP contribution < -0.4 is 0 Å². The van der Waals surface area contributed by atoms with Gasteiger partial charge in [-0.15, -0.1) is 0 Å². The molecule has 21 heavy (non-hydrogen) atoms. The van der Waals surface area contributed by atoms with Crippen LogP contribution in [0.15, 0.2) is 10.5 Å². The number of amides is 1. The van der Waals surface area contributed by atoms with Crippen LogP contribution in [0, 0.1) is 19.8 Å². The number of aliphatic carboxylic acids is 1. The van der Waals surface area contributed by atoms with Gasteiger partial charge in [-0.2, -0.15) is 0 Å². The van der Waals surface area contributed by atoms with E-state index in [9.17, 15) is 14.7 Å². The SMILES string of the molecule is Cc1cc(C)c(C(=O)N2C(C(=O)O)CC3CCCCC32)o1. The van der Waals surface area contributed by atoms with Gasteiger partial charge in [0.2, 0.25) is 0 Å². The molecule has 3 unspecified atom stereocenters. The van der Waals surface area contributed by atoms with E-state index in [1.54, 1.807) is 11.8 Å². The maximum Gasteiger partial charge on any atom is 0.326 e. The number of rotatable bonds is 2. The van der Waals surface area contributed by atoms with Gasteiger partial charge in [0.25, 0.3) is 5.91 Å². The van der Waals surface area contributed by atoms with Crippen molar-refractivity contribution >= 4 is 11.9 Å². The highest BCUT2D eigenvalue weighted by atomic mass is 16.4. The average Bonchev–Trinajstić information content (AvgIpc) is 2.98. The first-order valence-electron chi connectivity index (χ1n) is 7.61. The quantitative estimate of drug-likeness (QED) is 0.909. The van der Waals surface area contributed by atoms with Crippen molar-refractivity contribution in [2.75, 3.05) is 0 Å². The molecule has 2 heterocycles. The van der Waals surface area contributed by atoms with Crippen molar-refractivity contribution in [1.82, 2.24) is 4.90 Å². The maximum absolute atomic E-state index is 12.8. The summed E-state index contributed by atoms with van der Waals surface area (Å²) in [5.74, 6) is 0.133. The molecule has 5 heteroatoms. The number of nitrogens with zero attached hydrogens (tertiary/aromatic N) is 1. The molecule has 0 aromatic carbocycles. The maximum atomic E-state index is 12.8. The van der Waals surface area contributed by atoms with Crippen molar-refractivity contribution in [3.8, 4) is 0 Å². The Bertz CT molecular complexity index is 577. The molecule has 1 aliphatic heterocycles. The van der Waals surface area contributed by atoms with E-state index < -0.39 is 12.0 Å². The lowest BCUT2D eigenvalue weighted by molar-refractivity contribution is -0.141. The number of carbonyl (C=O) groups is 2. The minimum atomic E-state index is -0.904. The van der Waals surface area contributed by atoms with Gasteiger partial charge in [0.1, 0.15) is 11.8 Å². The molecule has 2 aliphatic rings. The average molecular weight is 291 g/mol. The summed E-state index contributed by atoms with van der Waals surface area (Å²) >= 11 is 0. The summed E-state index contributed by atoms with van der Waals surface area (Å²) in [5, 5.41) is 9.48. The number of hydrogen-bond donors (Lipinski definition) is 1. The van der Waals surface area contributed by atoms with Crippen LogP contribution in [0.25, 0.3) is 0 Å². The van der Waals surface area contributed by atoms with Crippen molar-refractivity contribution in [2.24, 2.45) is 5.92 Å². The highest BCUT2D eigenvalue weighted by Gasteiger charge is 2.48. The van der Waals surface area contributed by atoms with Crippen LogP contribution in [-0.4, -0.2) is 34.0 Å². The monoisotopic (exact) mass is 291 g/mol. The summed E-state index contributed by atoms with van der Waals surface area (Å²) < 4.78 is 5.51. The molecule has 1 saturated heterocycles. The molecule has 0 radical (unpaired) electrons. The van der Waals surface area contributed by atoms with Crippen molar-refractivity contribution in [3.05, 3.63) is 23.2 Å². The number of carboxylic acids is 1. The number of carbonyl (C=O) groups excluding carboxylic acids is 1. The lowest BCUT2D eigenvalue weighted by Gasteiger charge is -2.32. The lowest BCUT2D eigenvalue weighted by atomic mass is 9.84. The Labute approximate surface area is 123 Å². The van der Waals surface area contributed by atoms with Crippen molar-refractivity contribution in [2.45, 2.75) is 58.0 Å². The van der Waals surface area contributed by atoms with E-state index >= 15 is 0 Å². The first kappa shape index (κ1) is 14.2. The van der Waals surface area contributed by atoms with E-state index in [2.05, 4.69) is 0 Å². The van der Waals surface area contributed by atoms with Gasteiger partial charge >= 0.3 is 5.97 Å². The first-order valence-corrected chi connectivity index (χ1v) is 7.61. The van der Waals surface area contributed by atoms with Crippen LogP contribution in [0.5, 0.6) is 0 Å². The molecule has 114 valence electrons. The number of aryl methyl sites for hydroxylation is 2. The van der Waals surface area contributed by atoms with Crippen molar-refractivity contribution in [3.63, 3.8) is 0 Å². The summed E-state index contributed by atoms with van der Waals surface area (Å²) in [4.78, 5) is 26.0. The molecule has 5 nitrogen and oxygen atoms in total. The van der Waals surface area contributed by atoms with Gasteiger partial charge in [0, 0.05) is 11.6 Å². The number of furan rings is 1. The number of likely N-dealkylation sites (tertiary alicyclic amines) is 1. The number of carboxylic acid groups (broad SMARTS) is 1. The molecule has 0 bridgehead atoms. The van der Waals surface area contributed by atoms with Gasteiger partial charge in [-0.3, -0.25) is 4.79 Å². The van der Waals surface area contributed by atoms with Crippen molar-refractivity contribution < 1.29 is 19.1 Å². The second-order valence-corrected chi connectivity index (χ2v) is 6.28. The van der Waals surface area contributed by atoms with Crippen LogP contribution >= 0.6 is 0 Å². The third-order valence-electron chi connectivity index (χ3n) is 4.84. The van der Waals surface area contributed by atoms with Gasteiger partial charge in [-0.1, -0.05) is 12.8 Å². The topological polar surface area (TPSA) is 70.8 Å². The largest absolute Gasteiger partial charge is 0.480 e. The molecule has 1 aliphatic carbocycles. The third-order valence-corrected chi connectivity index (χ3v) is 4.84. The van der Waals surface area contributed by atoms with Crippen LogP contribution in [0.4, 0.5) is 0 Å². The van der Waals surface area contributed by atoms with E-state index in [0.717, 1.165) is 31.2 Å². The Morgan fingerprint density at radius 3 is 2.62 bits per heavy atom. The predicted molar refractivity (Wildman–Crippen MR) is 76.1 cm³/mol. The molecule has 0 spiro atoms. The number of hydrogen-bond acceptors (Lipinski definition) is 3. The summed E-state index contributed by atoms with van der Waals surface area (Å²) in [6.07, 6.45) is 4.69. The smallest absolute Gasteiger partial charge is 0.326 e. The van der Waals surface area contributed by atoms with Crippen molar-refractivity contribution in [1.29, 1.82) is 0 Å². The highest BCUT2D eigenvalue weighted by molar-refractivity contribution is 5.96. The van der Waals surface area contributed by atoms with Gasteiger partial charge in [-0.25, -0.2) is 4.79 Å². The van der Waals surface area contributed by atoms with E-state index in [1.165, 1.54) is 0 Å². The lowest BCUT2D eigenvalue weighted by Crippen LogP contribution is -2.46. The molecule has 3 atom stereocenters. The molecular formula is C16H21NO4. The van der Waals surface area contributed by atoms with Gasteiger partial charge in [0.05, 0.1) is 0 Å². The molecule has 1 amide bonds. The zero-order valence-corrected chi connectivity index (χ0v) is 12.5. The standard InChI is InChI=1S/C16H21NO4/c1-9-7-10(2)21-14(9)15(18)17-12-6-4-3-5-11(12)8-13(17)16(19)20/h7,11-13H,3-6,8H2,1-2H3,(H,19,20). The normalized spacial score (nSPS) is 28.5. The molecule has 1 aromatic heterocycles. The fraction of sp³-hybridized carbons (Fsp3) is 0.625. The Kier molecular flexibility index (Phi) is 3.51. The molecular weight excluding hydrogens is 270 g/mol. The molecule has 3 rings (SSSR count). The first-order chi connectivity index (χ1) is 9.99. The Morgan fingerprint density at radius 2 is 2.00 bits per heavy atom. The summed E-state index contributed by atoms with van der Waals surface area (Å²) in [5.41, 5.74) is 0.779. The van der Waals surface area contributed by atoms with Crippen LogP contribution in [0.3, 0.4) is 0 Å². The van der Waals surface area contributed by atoms with Gasteiger partial charge in [0.15, 0.2) is 5.76 Å². The summed E-state index contributed by atoms with van der Waals surface area (Å²) in [6.45, 7) is 3.62. The van der Waals surface area contributed by atoms with Crippen LogP contribution in [0.2, 0.25) is 0 Å². The summed E-state index contributed by atoms with van der Waals surface area (Å²) in [6, 6.07) is 1.16. The van der Waals surface area contributed by atoms with E-state index in [-0.39, 0.29) is 11.9 Å². The molecule has 1 N–H and O–H groups in total. The van der Waals surface area contributed by atoms with E-state index in [0.29, 0.717) is 23.9 Å². The fourth-order valence-corrected chi connectivity index (χ4v) is 3.94. The minimum Gasteiger partial charge on any atom is -0.480 e.